The van der Waals surface area contributed by atoms with E-state index >= 15 is 0 Å². The summed E-state index contributed by atoms with van der Waals surface area (Å²) in [5.41, 5.74) is 2.50. The Labute approximate surface area is 116 Å². The molecule has 2 rings (SSSR count). The monoisotopic (exact) mass is 263 g/mol. The lowest BCUT2D eigenvalue weighted by Crippen LogP contribution is -2.25. The minimum absolute atomic E-state index is 0.471. The number of benzene rings is 1. The van der Waals surface area contributed by atoms with Crippen LogP contribution in [0.4, 0.5) is 0 Å². The van der Waals surface area contributed by atoms with E-state index in [9.17, 15) is 0 Å². The molecule has 0 spiro atoms. The predicted octanol–water partition coefficient (Wildman–Crippen LogP) is 3.05. The fraction of sp³-hybridized carbons (Fsp3) is 0.625. The molecule has 1 unspecified atom stereocenters. The van der Waals surface area contributed by atoms with Gasteiger partial charge in [-0.25, -0.2) is 0 Å². The number of hydrogen-bond acceptors (Lipinski definition) is 3. The first-order chi connectivity index (χ1) is 9.29. The first-order valence-electron chi connectivity index (χ1n) is 7.25. The summed E-state index contributed by atoms with van der Waals surface area (Å²) in [6.07, 6.45) is 5.37. The van der Waals surface area contributed by atoms with Gasteiger partial charge in [-0.2, -0.15) is 0 Å². The van der Waals surface area contributed by atoms with Gasteiger partial charge in [0.1, 0.15) is 5.75 Å². The molecule has 1 aliphatic heterocycles. The van der Waals surface area contributed by atoms with Gasteiger partial charge in [0, 0.05) is 13.2 Å². The molecule has 1 aromatic rings. The summed E-state index contributed by atoms with van der Waals surface area (Å²) < 4.78 is 11.0. The Balaban J connectivity index is 1.69. The molecule has 1 heterocycles. The quantitative estimate of drug-likeness (QED) is 0.800. The van der Waals surface area contributed by atoms with E-state index in [-0.39, 0.29) is 0 Å². The first kappa shape index (κ1) is 14.4. The molecule has 1 atom stereocenters. The number of rotatable bonds is 6. The van der Waals surface area contributed by atoms with Crippen LogP contribution in [0, 0.1) is 6.92 Å². The highest BCUT2D eigenvalue weighted by Gasteiger charge is 2.12. The minimum atomic E-state index is 0.471. The van der Waals surface area contributed by atoms with Crippen molar-refractivity contribution in [2.24, 2.45) is 0 Å². The molecule has 1 N–H and O–H groups in total. The fourth-order valence-electron chi connectivity index (χ4n) is 2.58. The van der Waals surface area contributed by atoms with Crippen LogP contribution in [0.1, 0.15) is 36.8 Å². The maximum atomic E-state index is 5.72. The molecule has 1 saturated heterocycles. The molecule has 3 nitrogen and oxygen atoms in total. The summed E-state index contributed by atoms with van der Waals surface area (Å²) in [7, 11) is 1.71. The van der Waals surface area contributed by atoms with Crippen LogP contribution >= 0.6 is 0 Å². The Morgan fingerprint density at radius 2 is 2.26 bits per heavy atom. The second kappa shape index (κ2) is 7.51. The SMILES string of the molecule is COc1ccc(CNCCC2CCCCO2)cc1C. The standard InChI is InChI=1S/C16H25NO2/c1-13-11-14(6-7-16(13)18-2)12-17-9-8-15-5-3-4-10-19-15/h6-7,11,15,17H,3-5,8-10,12H2,1-2H3. The number of hydrogen-bond donors (Lipinski definition) is 1. The fourth-order valence-corrected chi connectivity index (χ4v) is 2.58. The summed E-state index contributed by atoms with van der Waals surface area (Å²) in [6.45, 7) is 4.97. The lowest BCUT2D eigenvalue weighted by atomic mass is 10.1. The smallest absolute Gasteiger partial charge is 0.121 e. The van der Waals surface area contributed by atoms with Crippen molar-refractivity contribution in [1.29, 1.82) is 0 Å². The molecule has 0 radical (unpaired) electrons. The van der Waals surface area contributed by atoms with Gasteiger partial charge in [-0.3, -0.25) is 0 Å². The maximum Gasteiger partial charge on any atom is 0.121 e. The van der Waals surface area contributed by atoms with Crippen LogP contribution in [0.2, 0.25) is 0 Å². The second-order valence-corrected chi connectivity index (χ2v) is 5.26. The summed E-state index contributed by atoms with van der Waals surface area (Å²) in [6, 6.07) is 6.34. The molecule has 0 saturated carbocycles. The molecule has 1 fully saturated rings. The highest BCUT2D eigenvalue weighted by molar-refractivity contribution is 5.36. The van der Waals surface area contributed by atoms with Gasteiger partial charge in [0.05, 0.1) is 13.2 Å². The third kappa shape index (κ3) is 4.51. The lowest BCUT2D eigenvalue weighted by molar-refractivity contribution is 0.0115. The Morgan fingerprint density at radius 3 is 2.95 bits per heavy atom. The summed E-state index contributed by atoms with van der Waals surface area (Å²) >= 11 is 0. The van der Waals surface area contributed by atoms with Crippen molar-refractivity contribution in [3.05, 3.63) is 29.3 Å². The van der Waals surface area contributed by atoms with Crippen LogP contribution in [0.15, 0.2) is 18.2 Å². The van der Waals surface area contributed by atoms with E-state index in [2.05, 4.69) is 24.4 Å². The van der Waals surface area contributed by atoms with Gasteiger partial charge in [-0.1, -0.05) is 12.1 Å². The Bertz CT molecular complexity index is 386. The zero-order valence-electron chi connectivity index (χ0n) is 12.1. The van der Waals surface area contributed by atoms with Crippen LogP contribution < -0.4 is 10.1 Å². The number of nitrogens with one attached hydrogen (secondary N) is 1. The molecule has 1 aliphatic rings. The molecular formula is C16H25NO2. The molecule has 1 aromatic carbocycles. The maximum absolute atomic E-state index is 5.72. The van der Waals surface area contributed by atoms with Gasteiger partial charge in [0.15, 0.2) is 0 Å². The zero-order valence-corrected chi connectivity index (χ0v) is 12.1. The van der Waals surface area contributed by atoms with E-state index in [0.29, 0.717) is 6.10 Å². The molecular weight excluding hydrogens is 238 g/mol. The van der Waals surface area contributed by atoms with Gasteiger partial charge in [-0.05, 0) is 56.3 Å². The molecule has 106 valence electrons. The van der Waals surface area contributed by atoms with E-state index in [0.717, 1.165) is 31.9 Å². The molecule has 19 heavy (non-hydrogen) atoms. The van der Waals surface area contributed by atoms with Crippen molar-refractivity contribution < 1.29 is 9.47 Å². The average molecular weight is 263 g/mol. The number of aryl methyl sites for hydroxylation is 1. The van der Waals surface area contributed by atoms with E-state index in [4.69, 9.17) is 9.47 Å². The predicted molar refractivity (Wildman–Crippen MR) is 77.6 cm³/mol. The van der Waals surface area contributed by atoms with Crippen molar-refractivity contribution in [2.75, 3.05) is 20.3 Å². The first-order valence-corrected chi connectivity index (χ1v) is 7.25. The Kier molecular flexibility index (Phi) is 5.67. The van der Waals surface area contributed by atoms with Gasteiger partial charge < -0.3 is 14.8 Å². The Morgan fingerprint density at radius 1 is 1.37 bits per heavy atom. The van der Waals surface area contributed by atoms with Crippen LogP contribution in [-0.2, 0) is 11.3 Å². The van der Waals surface area contributed by atoms with E-state index in [1.807, 2.05) is 6.07 Å². The third-order valence-corrected chi connectivity index (χ3v) is 3.71. The van der Waals surface area contributed by atoms with Crippen molar-refractivity contribution in [2.45, 2.75) is 45.3 Å². The second-order valence-electron chi connectivity index (χ2n) is 5.26. The number of ether oxygens (including phenoxy) is 2. The van der Waals surface area contributed by atoms with Crippen LogP contribution in [0.3, 0.4) is 0 Å². The Hall–Kier alpha value is -1.06. The largest absolute Gasteiger partial charge is 0.496 e. The van der Waals surface area contributed by atoms with Crippen molar-refractivity contribution in [3.8, 4) is 5.75 Å². The van der Waals surface area contributed by atoms with E-state index in [1.54, 1.807) is 7.11 Å². The van der Waals surface area contributed by atoms with Crippen LogP contribution in [-0.4, -0.2) is 26.4 Å². The average Bonchev–Trinajstić information content (AvgIpc) is 2.45. The highest BCUT2D eigenvalue weighted by atomic mass is 16.5. The zero-order chi connectivity index (χ0) is 13.5. The van der Waals surface area contributed by atoms with Crippen molar-refractivity contribution >= 4 is 0 Å². The molecule has 3 heteroatoms. The van der Waals surface area contributed by atoms with E-state index in [1.165, 1.54) is 30.4 Å². The third-order valence-electron chi connectivity index (χ3n) is 3.71. The topological polar surface area (TPSA) is 30.5 Å². The summed E-state index contributed by atoms with van der Waals surface area (Å²) in [5.74, 6) is 0.958. The van der Waals surface area contributed by atoms with E-state index < -0.39 is 0 Å². The van der Waals surface area contributed by atoms with Crippen LogP contribution in [0.5, 0.6) is 5.75 Å². The van der Waals surface area contributed by atoms with Crippen LogP contribution in [0.25, 0.3) is 0 Å². The number of methoxy groups -OCH3 is 1. The van der Waals surface area contributed by atoms with Gasteiger partial charge in [-0.15, -0.1) is 0 Å². The highest BCUT2D eigenvalue weighted by Crippen LogP contribution is 2.18. The molecule has 0 bridgehead atoms. The summed E-state index contributed by atoms with van der Waals surface area (Å²) in [5, 5.41) is 3.49. The van der Waals surface area contributed by atoms with Gasteiger partial charge in [0.2, 0.25) is 0 Å². The van der Waals surface area contributed by atoms with Crippen molar-refractivity contribution in [3.63, 3.8) is 0 Å². The van der Waals surface area contributed by atoms with Gasteiger partial charge >= 0.3 is 0 Å². The molecule has 0 aromatic heterocycles. The normalized spacial score (nSPS) is 19.4. The molecule has 0 aliphatic carbocycles. The van der Waals surface area contributed by atoms with Crippen molar-refractivity contribution in [1.82, 2.24) is 5.32 Å². The van der Waals surface area contributed by atoms with Gasteiger partial charge in [0.25, 0.3) is 0 Å². The summed E-state index contributed by atoms with van der Waals surface area (Å²) in [4.78, 5) is 0. The molecule has 0 amide bonds. The lowest BCUT2D eigenvalue weighted by Gasteiger charge is -2.22. The minimum Gasteiger partial charge on any atom is -0.496 e.